The number of carbonyl (C=O) groups excluding carboxylic acids is 1. The lowest BCUT2D eigenvalue weighted by atomic mass is 10.3. The van der Waals surface area contributed by atoms with Crippen LogP contribution < -0.4 is 10.1 Å². The zero-order valence-electron chi connectivity index (χ0n) is 10.5. The standard InChI is InChI=1S/C14H9Cl4NO2/c15-8-1-3-11(17)13(5-8)19-14(20)7-21-9-2-4-10(16)12(18)6-9/h1-6H,7H2,(H,19,20). The molecule has 0 aliphatic rings. The van der Waals surface area contributed by atoms with Crippen LogP contribution in [0.5, 0.6) is 5.75 Å². The van der Waals surface area contributed by atoms with Crippen molar-refractivity contribution in [3.63, 3.8) is 0 Å². The Morgan fingerprint density at radius 3 is 2.38 bits per heavy atom. The van der Waals surface area contributed by atoms with Crippen LogP contribution in [-0.4, -0.2) is 12.5 Å². The maximum absolute atomic E-state index is 11.8. The lowest BCUT2D eigenvalue weighted by molar-refractivity contribution is -0.118. The number of anilines is 1. The van der Waals surface area contributed by atoms with Crippen molar-refractivity contribution in [3.8, 4) is 5.75 Å². The first-order valence-electron chi connectivity index (χ1n) is 5.78. The van der Waals surface area contributed by atoms with Crippen LogP contribution in [0.1, 0.15) is 0 Å². The molecule has 2 rings (SSSR count). The Morgan fingerprint density at radius 2 is 1.67 bits per heavy atom. The topological polar surface area (TPSA) is 38.3 Å². The summed E-state index contributed by atoms with van der Waals surface area (Å²) in [7, 11) is 0. The number of ether oxygens (including phenoxy) is 1. The highest BCUT2D eigenvalue weighted by atomic mass is 35.5. The van der Waals surface area contributed by atoms with Crippen molar-refractivity contribution in [2.24, 2.45) is 0 Å². The third kappa shape index (κ3) is 4.68. The first-order chi connectivity index (χ1) is 9.95. The van der Waals surface area contributed by atoms with Gasteiger partial charge in [0.2, 0.25) is 0 Å². The van der Waals surface area contributed by atoms with Crippen LogP contribution in [0.15, 0.2) is 36.4 Å². The van der Waals surface area contributed by atoms with E-state index < -0.39 is 0 Å². The van der Waals surface area contributed by atoms with E-state index >= 15 is 0 Å². The van der Waals surface area contributed by atoms with Gasteiger partial charge >= 0.3 is 0 Å². The van der Waals surface area contributed by atoms with E-state index in [0.717, 1.165) is 0 Å². The number of hydrogen-bond acceptors (Lipinski definition) is 2. The van der Waals surface area contributed by atoms with Gasteiger partial charge in [-0.2, -0.15) is 0 Å². The van der Waals surface area contributed by atoms with Crippen molar-refractivity contribution >= 4 is 58.0 Å². The van der Waals surface area contributed by atoms with Gasteiger partial charge in [-0.15, -0.1) is 0 Å². The predicted octanol–water partition coefficient (Wildman–Crippen LogP) is 5.32. The summed E-state index contributed by atoms with van der Waals surface area (Å²) in [4.78, 5) is 11.8. The number of carbonyl (C=O) groups is 1. The van der Waals surface area contributed by atoms with Gasteiger partial charge < -0.3 is 10.1 Å². The van der Waals surface area contributed by atoms with Crippen LogP contribution in [0.4, 0.5) is 5.69 Å². The fraction of sp³-hybridized carbons (Fsp3) is 0.0714. The van der Waals surface area contributed by atoms with Crippen LogP contribution in [-0.2, 0) is 4.79 Å². The third-order valence-electron chi connectivity index (χ3n) is 2.46. The Bertz CT molecular complexity index is 676. The molecule has 0 heterocycles. The van der Waals surface area contributed by atoms with Crippen molar-refractivity contribution in [3.05, 3.63) is 56.5 Å². The molecule has 0 radical (unpaired) electrons. The summed E-state index contributed by atoms with van der Waals surface area (Å²) < 4.78 is 5.31. The fourth-order valence-electron chi connectivity index (χ4n) is 1.50. The molecule has 0 saturated heterocycles. The van der Waals surface area contributed by atoms with Gasteiger partial charge in [0.05, 0.1) is 20.8 Å². The third-order valence-corrected chi connectivity index (χ3v) is 3.77. The summed E-state index contributed by atoms with van der Waals surface area (Å²) >= 11 is 23.4. The van der Waals surface area contributed by atoms with Gasteiger partial charge in [-0.25, -0.2) is 0 Å². The van der Waals surface area contributed by atoms with Crippen LogP contribution in [0.2, 0.25) is 20.1 Å². The Balaban J connectivity index is 1.95. The molecule has 0 spiro atoms. The molecule has 0 unspecified atom stereocenters. The molecule has 1 amide bonds. The number of hydrogen-bond donors (Lipinski definition) is 1. The summed E-state index contributed by atoms with van der Waals surface area (Å²) in [6, 6.07) is 9.52. The van der Waals surface area contributed by atoms with E-state index in [-0.39, 0.29) is 12.5 Å². The molecule has 0 aliphatic carbocycles. The Hall–Kier alpha value is -1.13. The SMILES string of the molecule is O=C(COc1ccc(Cl)c(Cl)c1)Nc1cc(Cl)ccc1Cl. The summed E-state index contributed by atoms with van der Waals surface area (Å²) in [5, 5.41) is 4.24. The van der Waals surface area contributed by atoms with Crippen LogP contribution >= 0.6 is 46.4 Å². The van der Waals surface area contributed by atoms with Crippen LogP contribution in [0, 0.1) is 0 Å². The van der Waals surface area contributed by atoms with Gasteiger partial charge in [-0.1, -0.05) is 46.4 Å². The molecule has 0 fully saturated rings. The molecule has 0 atom stereocenters. The average molecular weight is 365 g/mol. The molecule has 0 aliphatic heterocycles. The van der Waals surface area contributed by atoms with E-state index in [0.29, 0.717) is 31.5 Å². The van der Waals surface area contributed by atoms with Crippen LogP contribution in [0.3, 0.4) is 0 Å². The molecule has 110 valence electrons. The van der Waals surface area contributed by atoms with E-state index in [2.05, 4.69) is 5.32 Å². The van der Waals surface area contributed by atoms with Gasteiger partial charge in [0, 0.05) is 11.1 Å². The van der Waals surface area contributed by atoms with Gasteiger partial charge in [0.25, 0.3) is 5.91 Å². The van der Waals surface area contributed by atoms with Gasteiger partial charge in [0.15, 0.2) is 6.61 Å². The van der Waals surface area contributed by atoms with Gasteiger partial charge in [0.1, 0.15) is 5.75 Å². The van der Waals surface area contributed by atoms with E-state index in [9.17, 15) is 4.79 Å². The first-order valence-corrected chi connectivity index (χ1v) is 7.29. The number of amides is 1. The summed E-state index contributed by atoms with van der Waals surface area (Å²) in [5.74, 6) is 0.0713. The van der Waals surface area contributed by atoms with Crippen molar-refractivity contribution in [2.45, 2.75) is 0 Å². The molecule has 21 heavy (non-hydrogen) atoms. The van der Waals surface area contributed by atoms with Crippen molar-refractivity contribution in [2.75, 3.05) is 11.9 Å². The van der Waals surface area contributed by atoms with E-state index in [1.54, 1.807) is 30.3 Å². The summed E-state index contributed by atoms with van der Waals surface area (Å²) in [6.45, 7) is -0.194. The average Bonchev–Trinajstić information content (AvgIpc) is 2.44. The monoisotopic (exact) mass is 363 g/mol. The van der Waals surface area contributed by atoms with Crippen LogP contribution in [0.25, 0.3) is 0 Å². The van der Waals surface area contributed by atoms with E-state index in [1.807, 2.05) is 0 Å². The highest BCUT2D eigenvalue weighted by Gasteiger charge is 2.08. The van der Waals surface area contributed by atoms with Crippen molar-refractivity contribution in [1.29, 1.82) is 0 Å². The minimum absolute atomic E-state index is 0.194. The maximum Gasteiger partial charge on any atom is 0.262 e. The zero-order chi connectivity index (χ0) is 15.4. The smallest absolute Gasteiger partial charge is 0.262 e. The predicted molar refractivity (Wildman–Crippen MR) is 87.0 cm³/mol. The molecule has 0 bridgehead atoms. The quantitative estimate of drug-likeness (QED) is 0.797. The van der Waals surface area contributed by atoms with E-state index in [4.69, 9.17) is 51.1 Å². The molecule has 1 N–H and O–H groups in total. The maximum atomic E-state index is 11.8. The Kier molecular flexibility index (Phi) is 5.59. The van der Waals surface area contributed by atoms with Crippen molar-refractivity contribution < 1.29 is 9.53 Å². The molecule has 7 heteroatoms. The zero-order valence-corrected chi connectivity index (χ0v) is 13.5. The number of halogens is 4. The summed E-state index contributed by atoms with van der Waals surface area (Å²) in [5.41, 5.74) is 0.423. The number of nitrogens with one attached hydrogen (secondary N) is 1. The lowest BCUT2D eigenvalue weighted by Gasteiger charge is -2.09. The highest BCUT2D eigenvalue weighted by Crippen LogP contribution is 2.27. The second-order valence-corrected chi connectivity index (χ2v) is 5.69. The van der Waals surface area contributed by atoms with E-state index in [1.165, 1.54) is 6.07 Å². The molecular formula is C14H9Cl4NO2. The van der Waals surface area contributed by atoms with Crippen molar-refractivity contribution in [1.82, 2.24) is 0 Å². The highest BCUT2D eigenvalue weighted by molar-refractivity contribution is 6.42. The minimum atomic E-state index is -0.370. The number of rotatable bonds is 4. The Labute approximate surface area is 141 Å². The van der Waals surface area contributed by atoms with Gasteiger partial charge in [-0.05, 0) is 30.3 Å². The second kappa shape index (κ2) is 7.23. The summed E-state index contributed by atoms with van der Waals surface area (Å²) in [6.07, 6.45) is 0. The molecular weight excluding hydrogens is 356 g/mol. The normalized spacial score (nSPS) is 10.3. The molecule has 0 aromatic heterocycles. The second-order valence-electron chi connectivity index (χ2n) is 4.04. The Morgan fingerprint density at radius 1 is 0.952 bits per heavy atom. The fourth-order valence-corrected chi connectivity index (χ4v) is 2.12. The molecule has 3 nitrogen and oxygen atoms in total. The molecule has 0 saturated carbocycles. The first kappa shape index (κ1) is 16.2. The minimum Gasteiger partial charge on any atom is -0.484 e. The number of benzene rings is 2. The molecule has 2 aromatic rings. The van der Waals surface area contributed by atoms with Gasteiger partial charge in [-0.3, -0.25) is 4.79 Å². The lowest BCUT2D eigenvalue weighted by Crippen LogP contribution is -2.20. The largest absolute Gasteiger partial charge is 0.484 e. The molecule has 2 aromatic carbocycles.